The van der Waals surface area contributed by atoms with E-state index in [1.54, 1.807) is 24.3 Å². The minimum atomic E-state index is -2.11. The highest BCUT2D eigenvalue weighted by molar-refractivity contribution is 9.10. The van der Waals surface area contributed by atoms with Crippen LogP contribution in [0.3, 0.4) is 0 Å². The first-order valence-electron chi connectivity index (χ1n) is 5.58. The van der Waals surface area contributed by atoms with E-state index in [9.17, 15) is 4.79 Å². The van der Waals surface area contributed by atoms with Gasteiger partial charge in [-0.3, -0.25) is 4.79 Å². The molecule has 1 aliphatic carbocycles. The normalized spacial score (nSPS) is 30.9. The zero-order valence-electron chi connectivity index (χ0n) is 10.2. The maximum Gasteiger partial charge on any atom is 0.134 e. The Morgan fingerprint density at radius 2 is 2.25 bits per heavy atom. The fourth-order valence-electron chi connectivity index (χ4n) is 1.12. The fourth-order valence-corrected chi connectivity index (χ4v) is 1.53. The maximum absolute atomic E-state index is 11.3. The Labute approximate surface area is 85.5 Å². The highest BCUT2D eigenvalue weighted by Gasteiger charge is 2.27. The van der Waals surface area contributed by atoms with Crippen LogP contribution in [0.5, 0.6) is 0 Å². The molecule has 62 valence electrons. The molecule has 0 radical (unpaired) electrons. The van der Waals surface area contributed by atoms with E-state index in [4.69, 9.17) is 5.48 Å². The van der Waals surface area contributed by atoms with Crippen molar-refractivity contribution < 1.29 is 10.3 Å². The van der Waals surface area contributed by atoms with Gasteiger partial charge < -0.3 is 0 Å². The molecule has 1 aromatic rings. The Morgan fingerprint density at radius 3 is 2.92 bits per heavy atom. The molecular weight excluding hydrogens is 216 g/mol. The number of rotatable bonds is 1. The smallest absolute Gasteiger partial charge is 0.134 e. The van der Waals surface area contributed by atoms with E-state index in [1.165, 1.54) is 0 Å². The lowest BCUT2D eigenvalue weighted by atomic mass is 9.79. The summed E-state index contributed by atoms with van der Waals surface area (Å²) in [6.07, 6.45) is -4.21. The van der Waals surface area contributed by atoms with E-state index in [-0.39, 0.29) is 0 Å². The van der Waals surface area contributed by atoms with Crippen molar-refractivity contribution in [3.05, 3.63) is 34.3 Å². The first-order chi connectivity index (χ1) is 7.28. The molecule has 0 atom stereocenters. The number of carbonyl (C=O) groups excluding carboxylic acids is 1. The summed E-state index contributed by atoms with van der Waals surface area (Å²) in [6.45, 7) is 0. The van der Waals surface area contributed by atoms with Gasteiger partial charge in [-0.1, -0.05) is 28.1 Å². The van der Waals surface area contributed by atoms with Crippen LogP contribution in [0.25, 0.3) is 0 Å². The molecule has 0 unspecified atom stereocenters. The van der Waals surface area contributed by atoms with Gasteiger partial charge in [-0.25, -0.2) is 0 Å². The predicted octanol–water partition coefficient (Wildman–Crippen LogP) is 2.90. The summed E-state index contributed by atoms with van der Waals surface area (Å²) in [5, 5.41) is 0. The Hall–Kier alpha value is -0.630. The molecule has 1 aliphatic rings. The quantitative estimate of drug-likeness (QED) is 0.723. The monoisotopic (exact) mass is 228 g/mol. The molecule has 1 nitrogen and oxygen atoms in total. The second-order valence-corrected chi connectivity index (χ2v) is 3.52. The van der Waals surface area contributed by atoms with Gasteiger partial charge in [-0.2, -0.15) is 0 Å². The summed E-state index contributed by atoms with van der Waals surface area (Å²) in [4.78, 5) is 11.3. The number of halogens is 1. The summed E-state index contributed by atoms with van der Waals surface area (Å²) in [7, 11) is 0. The van der Waals surface area contributed by atoms with Crippen LogP contribution in [0.2, 0.25) is 0 Å². The van der Waals surface area contributed by atoms with Crippen molar-refractivity contribution in [3.63, 3.8) is 0 Å². The summed E-state index contributed by atoms with van der Waals surface area (Å²) in [6, 6.07) is 6.76. The van der Waals surface area contributed by atoms with Crippen molar-refractivity contribution in [2.75, 3.05) is 0 Å². The highest BCUT2D eigenvalue weighted by Crippen LogP contribution is 2.34. The molecule has 0 aliphatic heterocycles. The van der Waals surface area contributed by atoms with E-state index in [0.29, 0.717) is 5.56 Å². The average molecular weight is 229 g/mol. The third-order valence-electron chi connectivity index (χ3n) is 1.73. The lowest BCUT2D eigenvalue weighted by Crippen LogP contribution is -2.20. The van der Waals surface area contributed by atoms with Gasteiger partial charge in [0.25, 0.3) is 0 Å². The Morgan fingerprint density at radius 1 is 1.50 bits per heavy atom. The van der Waals surface area contributed by atoms with Crippen LogP contribution in [0.1, 0.15) is 29.7 Å². The fraction of sp³-hybridized carbons (Fsp3) is 0.300. The van der Waals surface area contributed by atoms with Gasteiger partial charge in [0.2, 0.25) is 0 Å². The van der Waals surface area contributed by atoms with E-state index in [2.05, 4.69) is 15.9 Å². The minimum absolute atomic E-state index is 0.504. The van der Waals surface area contributed by atoms with Crippen LogP contribution in [-0.4, -0.2) is 5.78 Å². The van der Waals surface area contributed by atoms with Crippen LogP contribution in [0.15, 0.2) is 28.7 Å². The number of hydrogen-bond acceptors (Lipinski definition) is 1. The summed E-state index contributed by atoms with van der Waals surface area (Å²) >= 11 is 3.24. The molecule has 2 heteroatoms. The van der Waals surface area contributed by atoms with E-state index < -0.39 is 24.4 Å². The number of carbonyl (C=O) groups is 1. The lowest BCUT2D eigenvalue weighted by Gasteiger charge is -2.24. The zero-order valence-corrected chi connectivity index (χ0v) is 7.76. The predicted molar refractivity (Wildman–Crippen MR) is 51.1 cm³/mol. The Bertz CT molecular complexity index is 440. The van der Waals surface area contributed by atoms with Crippen molar-refractivity contribution in [1.82, 2.24) is 0 Å². The van der Waals surface area contributed by atoms with Gasteiger partial charge in [0.1, 0.15) is 5.78 Å². The molecule has 0 amide bonds. The third kappa shape index (κ3) is 1.44. The van der Waals surface area contributed by atoms with Gasteiger partial charge in [0.15, 0.2) is 0 Å². The minimum Gasteiger partial charge on any atom is -0.300 e. The van der Waals surface area contributed by atoms with Gasteiger partial charge in [0.05, 0.1) is 0 Å². The molecule has 0 bridgehead atoms. The number of Topliss-reactive ketones (excluding diaryl/α,β-unsaturated/α-hetero) is 1. The largest absolute Gasteiger partial charge is 0.300 e. The average Bonchev–Trinajstić information content (AvgIpc) is 2.16. The topological polar surface area (TPSA) is 17.1 Å². The number of benzene rings is 1. The van der Waals surface area contributed by atoms with Crippen molar-refractivity contribution in [2.24, 2.45) is 0 Å². The second kappa shape index (κ2) is 3.02. The molecule has 0 aromatic heterocycles. The van der Waals surface area contributed by atoms with E-state index in [1.807, 2.05) is 0 Å². The first kappa shape index (κ1) is 4.56. The van der Waals surface area contributed by atoms with Crippen molar-refractivity contribution in [1.29, 1.82) is 0 Å². The number of hydrogen-bond donors (Lipinski definition) is 0. The molecule has 0 heterocycles. The molecule has 12 heavy (non-hydrogen) atoms. The molecule has 2 rings (SSSR count). The maximum atomic E-state index is 11.3. The van der Waals surface area contributed by atoms with Gasteiger partial charge >= 0.3 is 0 Å². The second-order valence-electron chi connectivity index (χ2n) is 2.61. The van der Waals surface area contributed by atoms with Crippen LogP contribution >= 0.6 is 15.9 Å². The van der Waals surface area contributed by atoms with Crippen molar-refractivity contribution in [3.8, 4) is 0 Å². The highest BCUT2D eigenvalue weighted by atomic mass is 79.9. The van der Waals surface area contributed by atoms with Crippen LogP contribution in [-0.2, 0) is 4.79 Å². The third-order valence-corrected chi connectivity index (χ3v) is 2.23. The van der Waals surface area contributed by atoms with Crippen molar-refractivity contribution in [2.45, 2.75) is 18.7 Å². The number of ketones is 1. The molecule has 1 saturated carbocycles. The SMILES string of the molecule is [2H]C1([2H])C(=O)C([2H])([2H])C1c1cccc(Br)c1. The molecule has 1 aromatic carbocycles. The van der Waals surface area contributed by atoms with Gasteiger partial charge in [-0.15, -0.1) is 0 Å². The first-order valence-corrected chi connectivity index (χ1v) is 4.37. The van der Waals surface area contributed by atoms with Crippen LogP contribution < -0.4 is 0 Å². The van der Waals surface area contributed by atoms with Crippen LogP contribution in [0.4, 0.5) is 0 Å². The van der Waals surface area contributed by atoms with Crippen molar-refractivity contribution >= 4 is 21.7 Å². The molecule has 0 saturated heterocycles. The van der Waals surface area contributed by atoms with E-state index in [0.717, 1.165) is 4.47 Å². The van der Waals surface area contributed by atoms with E-state index >= 15 is 0 Å². The Balaban J connectivity index is 2.45. The van der Waals surface area contributed by atoms with Gasteiger partial charge in [0, 0.05) is 22.7 Å². The molecular formula is C10H9BrO. The lowest BCUT2D eigenvalue weighted by molar-refractivity contribution is -0.124. The molecule has 1 fully saturated rings. The molecule has 0 N–H and O–H groups in total. The summed E-state index contributed by atoms with van der Waals surface area (Å²) in [5.74, 6) is -1.99. The van der Waals surface area contributed by atoms with Crippen LogP contribution in [0, 0.1) is 0 Å². The summed E-state index contributed by atoms with van der Waals surface area (Å²) < 4.78 is 31.0. The zero-order chi connectivity index (χ0) is 12.1. The molecule has 0 spiro atoms. The summed E-state index contributed by atoms with van der Waals surface area (Å²) in [5.41, 5.74) is 0.504. The van der Waals surface area contributed by atoms with Gasteiger partial charge in [-0.05, 0) is 23.6 Å². The Kier molecular flexibility index (Phi) is 1.15. The standard InChI is InChI=1S/C10H9BrO/c11-9-3-1-2-7(4-9)8-5-10(12)6-8/h1-4,8H,5-6H2/i5D2,6D2.